The molecular formula is C27H33BrClF2N5O3. The number of benzene rings is 1. The van der Waals surface area contributed by atoms with E-state index in [4.69, 9.17) is 26.1 Å². The Morgan fingerprint density at radius 2 is 1.95 bits per heavy atom. The molecule has 1 aromatic carbocycles. The average molecular weight is 629 g/mol. The summed E-state index contributed by atoms with van der Waals surface area (Å²) in [6, 6.07) is 1.59. The van der Waals surface area contributed by atoms with Crippen LogP contribution in [0, 0.1) is 5.82 Å². The highest BCUT2D eigenvalue weighted by molar-refractivity contribution is 9.10. The van der Waals surface area contributed by atoms with Crippen molar-refractivity contribution < 1.29 is 23.0 Å². The van der Waals surface area contributed by atoms with Crippen LogP contribution in [0.15, 0.2) is 10.5 Å². The topological polar surface area (TPSA) is 71.0 Å². The van der Waals surface area contributed by atoms with Crippen LogP contribution < -0.4 is 9.64 Å². The van der Waals surface area contributed by atoms with Gasteiger partial charge in [0.05, 0.1) is 27.1 Å². The normalized spacial score (nSPS) is 28.8. The van der Waals surface area contributed by atoms with E-state index in [2.05, 4.69) is 30.7 Å². The number of carbonyl (C=O) groups excluding carboxylic acids is 1. The van der Waals surface area contributed by atoms with Gasteiger partial charge in [-0.1, -0.05) is 11.6 Å². The Balaban J connectivity index is 1.32. The van der Waals surface area contributed by atoms with Gasteiger partial charge < -0.3 is 14.4 Å². The second-order valence-electron chi connectivity index (χ2n) is 12.3. The number of aromatic nitrogens is 2. The molecule has 4 atom stereocenters. The lowest BCUT2D eigenvalue weighted by molar-refractivity contribution is 0.0122. The molecule has 2 unspecified atom stereocenters. The van der Waals surface area contributed by atoms with Crippen LogP contribution in [-0.4, -0.2) is 88.0 Å². The fourth-order valence-electron chi connectivity index (χ4n) is 6.78. The van der Waals surface area contributed by atoms with Crippen molar-refractivity contribution in [2.45, 2.75) is 82.3 Å². The van der Waals surface area contributed by atoms with Crippen molar-refractivity contribution in [1.29, 1.82) is 0 Å². The van der Waals surface area contributed by atoms with Crippen molar-refractivity contribution in [3.63, 3.8) is 0 Å². The zero-order valence-corrected chi connectivity index (χ0v) is 24.7. The second-order valence-corrected chi connectivity index (χ2v) is 13.5. The third kappa shape index (κ3) is 4.92. The van der Waals surface area contributed by atoms with Crippen LogP contribution in [0.1, 0.15) is 52.9 Å². The number of ether oxygens (including phenoxy) is 2. The van der Waals surface area contributed by atoms with Crippen LogP contribution in [0.25, 0.3) is 10.9 Å². The lowest BCUT2D eigenvalue weighted by Gasteiger charge is -2.42. The first-order valence-corrected chi connectivity index (χ1v) is 14.7. The van der Waals surface area contributed by atoms with E-state index in [0.717, 1.165) is 32.2 Å². The summed E-state index contributed by atoms with van der Waals surface area (Å²) in [5.41, 5.74) is -0.862. The summed E-state index contributed by atoms with van der Waals surface area (Å²) >= 11 is 9.59. The Bertz CT molecular complexity index is 1300. The maximum Gasteiger partial charge on any atom is 0.410 e. The van der Waals surface area contributed by atoms with Gasteiger partial charge in [0, 0.05) is 31.4 Å². The summed E-state index contributed by atoms with van der Waals surface area (Å²) in [5.74, 6) is -0.0775. The highest BCUT2D eigenvalue weighted by atomic mass is 79.9. The molecule has 2 bridgehead atoms. The van der Waals surface area contributed by atoms with Crippen molar-refractivity contribution in [3.8, 4) is 6.01 Å². The lowest BCUT2D eigenvalue weighted by atomic mass is 9.95. The summed E-state index contributed by atoms with van der Waals surface area (Å²) in [6.45, 7) is 8.10. The highest BCUT2D eigenvalue weighted by Crippen LogP contribution is 2.42. The van der Waals surface area contributed by atoms with Crippen LogP contribution in [0.2, 0.25) is 5.02 Å². The van der Waals surface area contributed by atoms with Crippen LogP contribution in [0.4, 0.5) is 19.4 Å². The molecule has 0 aliphatic carbocycles. The third-order valence-corrected chi connectivity index (χ3v) is 9.70. The minimum absolute atomic E-state index is 0.0519. The largest absolute Gasteiger partial charge is 0.461 e. The molecule has 6 rings (SSSR count). The predicted molar refractivity (Wildman–Crippen MR) is 148 cm³/mol. The number of hydrogen-bond donors (Lipinski definition) is 0. The number of hydrogen-bond acceptors (Lipinski definition) is 7. The van der Waals surface area contributed by atoms with E-state index in [1.165, 1.54) is 0 Å². The molecule has 12 heteroatoms. The third-order valence-electron chi connectivity index (χ3n) is 8.40. The molecule has 5 heterocycles. The van der Waals surface area contributed by atoms with Crippen molar-refractivity contribution in [3.05, 3.63) is 21.4 Å². The highest BCUT2D eigenvalue weighted by Gasteiger charge is 2.50. The van der Waals surface area contributed by atoms with Crippen molar-refractivity contribution in [2.75, 3.05) is 37.7 Å². The number of rotatable bonds is 4. The SMILES string of the molecule is CC(C)(C)OC(=O)N1C2CCC1CN(c1nc(OC[C@]34CCCN3C[C@H](F)C4)nc3c(F)c(Br)c(Cl)cc13)C2. The molecule has 4 fully saturated rings. The first-order chi connectivity index (χ1) is 18.4. The van der Waals surface area contributed by atoms with Crippen LogP contribution >= 0.6 is 27.5 Å². The molecule has 4 aliphatic heterocycles. The minimum atomic E-state index is -0.880. The van der Waals surface area contributed by atoms with E-state index in [0.29, 0.717) is 37.3 Å². The molecule has 212 valence electrons. The molecule has 4 saturated heterocycles. The number of fused-ring (bicyclic) bond motifs is 4. The van der Waals surface area contributed by atoms with Gasteiger partial charge in [-0.25, -0.2) is 13.6 Å². The number of alkyl halides is 1. The number of nitrogens with zero attached hydrogens (tertiary/aromatic N) is 5. The zero-order chi connectivity index (χ0) is 27.7. The number of amides is 1. The Labute approximate surface area is 240 Å². The van der Waals surface area contributed by atoms with Gasteiger partial charge in [-0.15, -0.1) is 0 Å². The molecule has 1 amide bonds. The Morgan fingerprint density at radius 3 is 2.64 bits per heavy atom. The van der Waals surface area contributed by atoms with E-state index >= 15 is 4.39 Å². The molecule has 8 nitrogen and oxygen atoms in total. The molecule has 0 saturated carbocycles. The minimum Gasteiger partial charge on any atom is -0.461 e. The standard InChI is InChI=1S/C27H33BrClF2N5O3/c1-26(2,3)39-25(37)36-16-5-6-17(36)13-34(12-16)23-18-9-19(29)20(28)21(31)22(18)32-24(33-23)38-14-27-7-4-8-35(27)11-15(30)10-27/h9,15-17H,4-8,10-14H2,1-3H3/t15-,16?,17?,27-/m1/s1. The Hall–Kier alpha value is -1.98. The van der Waals surface area contributed by atoms with Crippen molar-refractivity contribution in [2.24, 2.45) is 0 Å². The number of anilines is 1. The van der Waals surface area contributed by atoms with Gasteiger partial charge in [0.1, 0.15) is 29.7 Å². The average Bonchev–Trinajstić information content (AvgIpc) is 3.47. The van der Waals surface area contributed by atoms with Gasteiger partial charge in [0.2, 0.25) is 0 Å². The van der Waals surface area contributed by atoms with E-state index < -0.39 is 17.6 Å². The smallest absolute Gasteiger partial charge is 0.410 e. The number of halogens is 4. The molecule has 0 spiro atoms. The molecule has 2 aromatic rings. The van der Waals surface area contributed by atoms with E-state index in [1.54, 1.807) is 6.07 Å². The fraction of sp³-hybridized carbons (Fsp3) is 0.667. The lowest BCUT2D eigenvalue weighted by Crippen LogP contribution is -2.57. The monoisotopic (exact) mass is 627 g/mol. The molecule has 4 aliphatic rings. The second kappa shape index (κ2) is 9.83. The van der Waals surface area contributed by atoms with E-state index in [1.807, 2.05) is 25.7 Å². The maximum absolute atomic E-state index is 15.5. The summed E-state index contributed by atoms with van der Waals surface area (Å²) in [4.78, 5) is 28.2. The molecule has 39 heavy (non-hydrogen) atoms. The fourth-order valence-corrected chi connectivity index (χ4v) is 7.27. The quantitative estimate of drug-likeness (QED) is 0.401. The number of carbonyl (C=O) groups is 1. The van der Waals surface area contributed by atoms with Gasteiger partial charge in [-0.2, -0.15) is 9.97 Å². The van der Waals surface area contributed by atoms with E-state index in [9.17, 15) is 9.18 Å². The molecule has 0 radical (unpaired) electrons. The first kappa shape index (κ1) is 27.2. The predicted octanol–water partition coefficient (Wildman–Crippen LogP) is 5.73. The zero-order valence-electron chi connectivity index (χ0n) is 22.4. The van der Waals surface area contributed by atoms with Gasteiger partial charge in [-0.3, -0.25) is 9.80 Å². The van der Waals surface area contributed by atoms with Gasteiger partial charge >= 0.3 is 12.1 Å². The van der Waals surface area contributed by atoms with Crippen LogP contribution in [-0.2, 0) is 4.74 Å². The molecular weight excluding hydrogens is 596 g/mol. The Morgan fingerprint density at radius 1 is 1.23 bits per heavy atom. The van der Waals surface area contributed by atoms with Gasteiger partial charge in [-0.05, 0) is 75.0 Å². The van der Waals surface area contributed by atoms with Crippen molar-refractivity contribution in [1.82, 2.24) is 19.8 Å². The van der Waals surface area contributed by atoms with Gasteiger partial charge in [0.25, 0.3) is 0 Å². The summed E-state index contributed by atoms with van der Waals surface area (Å²) in [6.07, 6.45) is 2.75. The maximum atomic E-state index is 15.5. The van der Waals surface area contributed by atoms with Crippen LogP contribution in [0.5, 0.6) is 6.01 Å². The number of piperazine rings is 1. The Kier molecular flexibility index (Phi) is 6.86. The molecule has 0 N–H and O–H groups in total. The summed E-state index contributed by atoms with van der Waals surface area (Å²) < 4.78 is 41.7. The van der Waals surface area contributed by atoms with E-state index in [-0.39, 0.29) is 51.3 Å². The van der Waals surface area contributed by atoms with Crippen molar-refractivity contribution >= 4 is 50.3 Å². The summed E-state index contributed by atoms with van der Waals surface area (Å²) in [5, 5.41) is 0.692. The van der Waals surface area contributed by atoms with Crippen LogP contribution in [0.3, 0.4) is 0 Å². The first-order valence-electron chi connectivity index (χ1n) is 13.6. The molecule has 1 aromatic heterocycles. The van der Waals surface area contributed by atoms with Gasteiger partial charge in [0.15, 0.2) is 5.82 Å². The summed E-state index contributed by atoms with van der Waals surface area (Å²) in [7, 11) is 0.